The van der Waals surface area contributed by atoms with Crippen molar-refractivity contribution in [1.82, 2.24) is 4.57 Å². The number of aryl methyl sites for hydroxylation is 2. The molecule has 3 rings (SSSR count). The lowest BCUT2D eigenvalue weighted by molar-refractivity contribution is 0.0697. The number of rotatable bonds is 6. The van der Waals surface area contributed by atoms with Gasteiger partial charge in [-0.3, -0.25) is 4.57 Å². The number of nitrogens with zero attached hydrogens (tertiary/aromatic N) is 1. The third-order valence-corrected chi connectivity index (χ3v) is 3.73. The molecule has 6 heteroatoms. The summed E-state index contributed by atoms with van der Waals surface area (Å²) in [5, 5.41) is 8.98. The van der Waals surface area contributed by atoms with Crippen LogP contribution in [0.1, 0.15) is 22.3 Å². The monoisotopic (exact) mass is 327 g/mol. The molecular weight excluding hydrogens is 310 g/mol. The van der Waals surface area contributed by atoms with Gasteiger partial charge in [-0.15, -0.1) is 0 Å². The number of aromatic carboxylic acids is 1. The van der Waals surface area contributed by atoms with Crippen molar-refractivity contribution in [2.45, 2.75) is 19.9 Å². The molecule has 0 unspecified atom stereocenters. The Morgan fingerprint density at radius 3 is 2.67 bits per heavy atom. The first-order valence-corrected chi connectivity index (χ1v) is 7.61. The van der Waals surface area contributed by atoms with Crippen molar-refractivity contribution in [2.24, 2.45) is 0 Å². The van der Waals surface area contributed by atoms with Crippen molar-refractivity contribution in [2.75, 3.05) is 6.61 Å². The Kier molecular flexibility index (Phi) is 4.37. The molecule has 0 saturated carbocycles. The van der Waals surface area contributed by atoms with Gasteiger partial charge in [-0.2, -0.15) is 0 Å². The molecule has 1 aromatic heterocycles. The summed E-state index contributed by atoms with van der Waals surface area (Å²) in [4.78, 5) is 22.9. The number of fused-ring (bicyclic) bond motifs is 1. The first-order chi connectivity index (χ1) is 11.5. The third kappa shape index (κ3) is 3.32. The lowest BCUT2D eigenvalue weighted by Gasteiger charge is -2.07. The van der Waals surface area contributed by atoms with Crippen molar-refractivity contribution in [1.29, 1.82) is 0 Å². The highest BCUT2D eigenvalue weighted by molar-refractivity contribution is 5.91. The Labute approximate surface area is 137 Å². The fraction of sp³-hybridized carbons (Fsp3) is 0.222. The second-order valence-corrected chi connectivity index (χ2v) is 5.52. The zero-order valence-corrected chi connectivity index (χ0v) is 13.2. The van der Waals surface area contributed by atoms with Crippen LogP contribution in [0.2, 0.25) is 0 Å². The third-order valence-electron chi connectivity index (χ3n) is 3.73. The summed E-state index contributed by atoms with van der Waals surface area (Å²) < 4.78 is 12.2. The van der Waals surface area contributed by atoms with Gasteiger partial charge in [0.05, 0.1) is 17.7 Å². The first-order valence-electron chi connectivity index (χ1n) is 7.61. The van der Waals surface area contributed by atoms with Crippen molar-refractivity contribution in [3.05, 3.63) is 64.1 Å². The molecule has 124 valence electrons. The van der Waals surface area contributed by atoms with Gasteiger partial charge in [0.15, 0.2) is 5.58 Å². The average molecular weight is 327 g/mol. The van der Waals surface area contributed by atoms with Crippen molar-refractivity contribution < 1.29 is 19.1 Å². The van der Waals surface area contributed by atoms with E-state index in [0.717, 1.165) is 5.75 Å². The molecule has 0 aliphatic heterocycles. The van der Waals surface area contributed by atoms with Crippen molar-refractivity contribution in [3.8, 4) is 5.75 Å². The number of aromatic nitrogens is 1. The summed E-state index contributed by atoms with van der Waals surface area (Å²) >= 11 is 0. The van der Waals surface area contributed by atoms with E-state index < -0.39 is 11.7 Å². The molecular formula is C18H17NO5. The van der Waals surface area contributed by atoms with E-state index in [9.17, 15) is 9.59 Å². The lowest BCUT2D eigenvalue weighted by atomic mass is 10.2. The van der Waals surface area contributed by atoms with Gasteiger partial charge in [0.1, 0.15) is 5.75 Å². The SMILES string of the molecule is Cc1ccc(OCCCn2c(=O)oc3cc(C(=O)O)ccc32)cc1. The Bertz CT molecular complexity index is 921. The van der Waals surface area contributed by atoms with Crippen LogP contribution >= 0.6 is 0 Å². The van der Waals surface area contributed by atoms with Crippen LogP contribution in [0.5, 0.6) is 5.75 Å². The molecule has 1 N–H and O–H groups in total. The van der Waals surface area contributed by atoms with Crippen LogP contribution in [0, 0.1) is 6.92 Å². The molecule has 1 heterocycles. The van der Waals surface area contributed by atoms with Crippen LogP contribution in [0.15, 0.2) is 51.7 Å². The summed E-state index contributed by atoms with van der Waals surface area (Å²) in [7, 11) is 0. The molecule has 0 amide bonds. The predicted octanol–water partition coefficient (Wildman–Crippen LogP) is 3.07. The van der Waals surface area contributed by atoms with Crippen LogP contribution in [-0.4, -0.2) is 22.2 Å². The number of benzene rings is 2. The van der Waals surface area contributed by atoms with Gasteiger partial charge in [0.25, 0.3) is 0 Å². The van der Waals surface area contributed by atoms with Crippen LogP contribution in [0.3, 0.4) is 0 Å². The highest BCUT2D eigenvalue weighted by atomic mass is 16.5. The van der Waals surface area contributed by atoms with Gasteiger partial charge in [0, 0.05) is 6.54 Å². The molecule has 24 heavy (non-hydrogen) atoms. The highest BCUT2D eigenvalue weighted by Crippen LogP contribution is 2.16. The number of carboxylic acid groups (broad SMARTS) is 1. The number of oxazole rings is 1. The minimum absolute atomic E-state index is 0.0890. The minimum Gasteiger partial charge on any atom is -0.494 e. The second kappa shape index (κ2) is 6.62. The van der Waals surface area contributed by atoms with E-state index in [1.165, 1.54) is 22.3 Å². The zero-order valence-electron chi connectivity index (χ0n) is 13.2. The minimum atomic E-state index is -1.06. The van der Waals surface area contributed by atoms with Crippen LogP contribution < -0.4 is 10.5 Å². The van der Waals surface area contributed by atoms with E-state index in [4.69, 9.17) is 14.3 Å². The number of carbonyl (C=O) groups is 1. The Balaban J connectivity index is 1.66. The van der Waals surface area contributed by atoms with Gasteiger partial charge in [-0.1, -0.05) is 17.7 Å². The molecule has 0 bridgehead atoms. The molecule has 2 aromatic carbocycles. The van der Waals surface area contributed by atoms with E-state index >= 15 is 0 Å². The number of hydrogen-bond acceptors (Lipinski definition) is 4. The maximum Gasteiger partial charge on any atom is 0.419 e. The normalized spacial score (nSPS) is 10.9. The number of ether oxygens (including phenoxy) is 1. The van der Waals surface area contributed by atoms with Crippen molar-refractivity contribution in [3.63, 3.8) is 0 Å². The fourth-order valence-electron chi connectivity index (χ4n) is 2.46. The van der Waals surface area contributed by atoms with Gasteiger partial charge < -0.3 is 14.3 Å². The standard InChI is InChI=1S/C18H17NO5/c1-12-3-6-14(7-4-12)23-10-2-9-19-15-8-5-13(17(20)21)11-16(15)24-18(19)22/h3-8,11H,2,9-10H2,1H3,(H,20,21). The van der Waals surface area contributed by atoms with Crippen molar-refractivity contribution >= 4 is 17.1 Å². The van der Waals surface area contributed by atoms with Gasteiger partial charge in [0.2, 0.25) is 0 Å². The lowest BCUT2D eigenvalue weighted by Crippen LogP contribution is -2.15. The average Bonchev–Trinajstić information content (AvgIpc) is 2.88. The van der Waals surface area contributed by atoms with Gasteiger partial charge in [-0.05, 0) is 43.7 Å². The summed E-state index contributed by atoms with van der Waals surface area (Å²) in [5.41, 5.74) is 2.12. The van der Waals surface area contributed by atoms with E-state index in [1.807, 2.05) is 31.2 Å². The Hall–Kier alpha value is -3.02. The Morgan fingerprint density at radius 1 is 1.21 bits per heavy atom. The largest absolute Gasteiger partial charge is 0.494 e. The van der Waals surface area contributed by atoms with E-state index in [2.05, 4.69) is 0 Å². The molecule has 0 spiro atoms. The van der Waals surface area contributed by atoms with Gasteiger partial charge in [-0.25, -0.2) is 9.59 Å². The number of carboxylic acids is 1. The highest BCUT2D eigenvalue weighted by Gasteiger charge is 2.12. The zero-order chi connectivity index (χ0) is 17.1. The fourth-order valence-corrected chi connectivity index (χ4v) is 2.46. The summed E-state index contributed by atoms with van der Waals surface area (Å²) in [6.45, 7) is 2.91. The number of hydrogen-bond donors (Lipinski definition) is 1. The summed E-state index contributed by atoms with van der Waals surface area (Å²) in [6.07, 6.45) is 0.628. The maximum atomic E-state index is 11.9. The second-order valence-electron chi connectivity index (χ2n) is 5.52. The molecule has 3 aromatic rings. The van der Waals surface area contributed by atoms with Crippen LogP contribution in [-0.2, 0) is 6.54 Å². The summed E-state index contributed by atoms with van der Waals surface area (Å²) in [5.74, 6) is -0.766. The predicted molar refractivity (Wildman–Crippen MR) is 88.7 cm³/mol. The first kappa shape index (κ1) is 15.9. The molecule has 0 saturated heterocycles. The van der Waals surface area contributed by atoms with E-state index in [-0.39, 0.29) is 11.1 Å². The molecule has 0 aliphatic carbocycles. The topological polar surface area (TPSA) is 81.7 Å². The summed E-state index contributed by atoms with van der Waals surface area (Å²) in [6, 6.07) is 12.2. The van der Waals surface area contributed by atoms with Crippen LogP contribution in [0.4, 0.5) is 0 Å². The Morgan fingerprint density at radius 2 is 1.96 bits per heavy atom. The molecule has 0 fully saturated rings. The molecule has 0 atom stereocenters. The van der Waals surface area contributed by atoms with Crippen LogP contribution in [0.25, 0.3) is 11.1 Å². The van der Waals surface area contributed by atoms with E-state index in [0.29, 0.717) is 25.1 Å². The quantitative estimate of drug-likeness (QED) is 0.704. The molecule has 0 radical (unpaired) electrons. The smallest absolute Gasteiger partial charge is 0.419 e. The molecule has 6 nitrogen and oxygen atoms in total. The van der Waals surface area contributed by atoms with Gasteiger partial charge >= 0.3 is 11.7 Å². The maximum absolute atomic E-state index is 11.9. The van der Waals surface area contributed by atoms with E-state index in [1.54, 1.807) is 6.07 Å². The molecule has 0 aliphatic rings.